The zero-order valence-electron chi connectivity index (χ0n) is 14.8. The first-order chi connectivity index (χ1) is 11.0. The molecule has 0 saturated heterocycles. The van der Waals surface area contributed by atoms with Gasteiger partial charge in [0, 0.05) is 12.6 Å². The molecule has 4 N–H and O–H groups in total. The number of carbonyl (C=O) groups excluding carboxylic acids is 1. The summed E-state index contributed by atoms with van der Waals surface area (Å²) in [5.74, 6) is 1.31. The van der Waals surface area contributed by atoms with Gasteiger partial charge in [0.2, 0.25) is 5.91 Å². The van der Waals surface area contributed by atoms with E-state index in [9.17, 15) is 4.79 Å². The van der Waals surface area contributed by atoms with Crippen LogP contribution in [0.5, 0.6) is 5.75 Å². The summed E-state index contributed by atoms with van der Waals surface area (Å²) in [6, 6.07) is 7.56. The number of rotatable bonds is 10. The summed E-state index contributed by atoms with van der Waals surface area (Å²) in [4.78, 5) is 11.6. The smallest absolute Gasteiger partial charge is 0.236 e. The molecule has 0 radical (unpaired) electrons. The fraction of sp³-hybridized carbons (Fsp3) is 0.611. The Morgan fingerprint density at radius 1 is 1.26 bits per heavy atom. The molecule has 5 heteroatoms. The number of nitrogens with two attached hydrogens (primary N) is 1. The second-order valence-corrected chi connectivity index (χ2v) is 6.15. The minimum absolute atomic E-state index is 0.0470. The summed E-state index contributed by atoms with van der Waals surface area (Å²) in [5.41, 5.74) is 6.66. The number of hydrogen-bond acceptors (Lipinski definition) is 4. The summed E-state index contributed by atoms with van der Waals surface area (Å²) in [5, 5.41) is 6.05. The molecule has 1 rings (SSSR count). The van der Waals surface area contributed by atoms with Crippen molar-refractivity contribution in [3.63, 3.8) is 0 Å². The predicted octanol–water partition coefficient (Wildman–Crippen LogP) is 2.23. The zero-order valence-corrected chi connectivity index (χ0v) is 14.8. The molecule has 0 aliphatic rings. The van der Waals surface area contributed by atoms with Gasteiger partial charge < -0.3 is 21.1 Å². The second kappa shape index (κ2) is 10.2. The van der Waals surface area contributed by atoms with E-state index in [1.807, 2.05) is 31.3 Å². The van der Waals surface area contributed by atoms with E-state index in [0.29, 0.717) is 12.5 Å². The molecule has 1 amide bonds. The number of carbonyl (C=O) groups is 1. The summed E-state index contributed by atoms with van der Waals surface area (Å²) in [6.45, 7) is 7.32. The Kier molecular flexibility index (Phi) is 8.66. The van der Waals surface area contributed by atoms with Gasteiger partial charge in [-0.05, 0) is 44.0 Å². The maximum atomic E-state index is 11.6. The number of likely N-dealkylation sites (N-methyl/N-ethyl adjacent to an activating group) is 1. The van der Waals surface area contributed by atoms with Gasteiger partial charge in [-0.3, -0.25) is 4.79 Å². The third-order valence-electron chi connectivity index (χ3n) is 3.84. The highest BCUT2D eigenvalue weighted by atomic mass is 16.5. The average Bonchev–Trinajstić information content (AvgIpc) is 2.54. The molecule has 0 fully saturated rings. The van der Waals surface area contributed by atoms with Crippen molar-refractivity contribution >= 4 is 5.91 Å². The van der Waals surface area contributed by atoms with Gasteiger partial charge in [-0.15, -0.1) is 0 Å². The standard InChI is InChI=1S/C18H31N3O2/c1-5-6-13(2)12-23-16-9-7-15(8-10-16)17(20-4)11-21-18(22)14(3)19/h7-10,13-14,17,20H,5-6,11-12,19H2,1-4H3,(H,21,22)/t13?,14-,17+/m1/s1. The van der Waals surface area contributed by atoms with Gasteiger partial charge >= 0.3 is 0 Å². The number of benzene rings is 1. The van der Waals surface area contributed by atoms with Crippen LogP contribution in [0.3, 0.4) is 0 Å². The number of amides is 1. The zero-order chi connectivity index (χ0) is 17.2. The molecular weight excluding hydrogens is 290 g/mol. The lowest BCUT2D eigenvalue weighted by molar-refractivity contribution is -0.122. The van der Waals surface area contributed by atoms with E-state index < -0.39 is 6.04 Å². The third-order valence-corrected chi connectivity index (χ3v) is 3.84. The van der Waals surface area contributed by atoms with Crippen molar-refractivity contribution in [1.82, 2.24) is 10.6 Å². The van der Waals surface area contributed by atoms with Crippen LogP contribution in [0.1, 0.15) is 45.2 Å². The summed E-state index contributed by atoms with van der Waals surface area (Å²) in [7, 11) is 1.87. The Balaban J connectivity index is 2.54. The van der Waals surface area contributed by atoms with E-state index in [0.717, 1.165) is 17.9 Å². The fourth-order valence-electron chi connectivity index (χ4n) is 2.36. The first-order valence-corrected chi connectivity index (χ1v) is 8.41. The van der Waals surface area contributed by atoms with Crippen LogP contribution in [0.2, 0.25) is 0 Å². The molecule has 0 aliphatic carbocycles. The van der Waals surface area contributed by atoms with Crippen LogP contribution < -0.4 is 21.1 Å². The highest BCUT2D eigenvalue weighted by Crippen LogP contribution is 2.18. The number of hydrogen-bond donors (Lipinski definition) is 3. The second-order valence-electron chi connectivity index (χ2n) is 6.15. The van der Waals surface area contributed by atoms with Crippen molar-refractivity contribution in [2.45, 2.75) is 45.7 Å². The van der Waals surface area contributed by atoms with Crippen molar-refractivity contribution in [3.8, 4) is 5.75 Å². The first-order valence-electron chi connectivity index (χ1n) is 8.41. The molecule has 130 valence electrons. The largest absolute Gasteiger partial charge is 0.493 e. The van der Waals surface area contributed by atoms with E-state index in [4.69, 9.17) is 10.5 Å². The molecule has 0 spiro atoms. The highest BCUT2D eigenvalue weighted by Gasteiger charge is 2.13. The first kappa shape index (κ1) is 19.5. The van der Waals surface area contributed by atoms with E-state index >= 15 is 0 Å². The number of ether oxygens (including phenoxy) is 1. The molecule has 0 aromatic heterocycles. The molecule has 23 heavy (non-hydrogen) atoms. The topological polar surface area (TPSA) is 76.4 Å². The Bertz CT molecular complexity index is 460. The lowest BCUT2D eigenvalue weighted by Gasteiger charge is -2.19. The van der Waals surface area contributed by atoms with Crippen LogP contribution in [-0.2, 0) is 4.79 Å². The summed E-state index contributed by atoms with van der Waals surface area (Å²) >= 11 is 0. The van der Waals surface area contributed by atoms with Crippen LogP contribution >= 0.6 is 0 Å². The van der Waals surface area contributed by atoms with Crippen molar-refractivity contribution in [2.24, 2.45) is 11.7 Å². The maximum Gasteiger partial charge on any atom is 0.236 e. The average molecular weight is 321 g/mol. The Morgan fingerprint density at radius 2 is 1.91 bits per heavy atom. The van der Waals surface area contributed by atoms with Crippen molar-refractivity contribution < 1.29 is 9.53 Å². The molecule has 0 aliphatic heterocycles. The van der Waals surface area contributed by atoms with E-state index in [2.05, 4.69) is 24.5 Å². The van der Waals surface area contributed by atoms with Crippen molar-refractivity contribution in [1.29, 1.82) is 0 Å². The molecule has 0 bridgehead atoms. The van der Waals surface area contributed by atoms with E-state index in [1.165, 1.54) is 12.8 Å². The van der Waals surface area contributed by atoms with Crippen LogP contribution in [0.25, 0.3) is 0 Å². The quantitative estimate of drug-likeness (QED) is 0.617. The minimum Gasteiger partial charge on any atom is -0.493 e. The Labute approximate surface area is 140 Å². The normalized spacial score (nSPS) is 14.8. The van der Waals surface area contributed by atoms with Crippen LogP contribution in [0.15, 0.2) is 24.3 Å². The van der Waals surface area contributed by atoms with Gasteiger partial charge in [0.05, 0.1) is 12.6 Å². The molecule has 5 nitrogen and oxygen atoms in total. The van der Waals surface area contributed by atoms with Gasteiger partial charge in [0.15, 0.2) is 0 Å². The van der Waals surface area contributed by atoms with Crippen molar-refractivity contribution in [2.75, 3.05) is 20.2 Å². The molecule has 0 saturated carbocycles. The van der Waals surface area contributed by atoms with Crippen LogP contribution in [-0.4, -0.2) is 32.1 Å². The van der Waals surface area contributed by atoms with Gasteiger partial charge in [0.25, 0.3) is 0 Å². The van der Waals surface area contributed by atoms with E-state index in [-0.39, 0.29) is 11.9 Å². The van der Waals surface area contributed by atoms with E-state index in [1.54, 1.807) is 6.92 Å². The van der Waals surface area contributed by atoms with Gasteiger partial charge in [0.1, 0.15) is 5.75 Å². The van der Waals surface area contributed by atoms with Gasteiger partial charge in [-0.25, -0.2) is 0 Å². The van der Waals surface area contributed by atoms with Gasteiger partial charge in [-0.2, -0.15) is 0 Å². The molecule has 1 aromatic rings. The monoisotopic (exact) mass is 321 g/mol. The number of nitrogens with one attached hydrogen (secondary N) is 2. The predicted molar refractivity (Wildman–Crippen MR) is 94.5 cm³/mol. The molecular formula is C18H31N3O2. The molecule has 1 aromatic carbocycles. The van der Waals surface area contributed by atoms with Crippen molar-refractivity contribution in [3.05, 3.63) is 29.8 Å². The maximum absolute atomic E-state index is 11.6. The lowest BCUT2D eigenvalue weighted by Crippen LogP contribution is -2.41. The lowest BCUT2D eigenvalue weighted by atomic mass is 10.1. The molecule has 1 unspecified atom stereocenters. The third kappa shape index (κ3) is 7.01. The Hall–Kier alpha value is -1.59. The van der Waals surface area contributed by atoms with Crippen LogP contribution in [0, 0.1) is 5.92 Å². The fourth-order valence-corrected chi connectivity index (χ4v) is 2.36. The van der Waals surface area contributed by atoms with Gasteiger partial charge in [-0.1, -0.05) is 32.4 Å². The SMILES string of the molecule is CCCC(C)COc1ccc([C@H](CNC(=O)[C@@H](C)N)NC)cc1. The summed E-state index contributed by atoms with van der Waals surface area (Å²) in [6.07, 6.45) is 2.36. The van der Waals surface area contributed by atoms with Crippen LogP contribution in [0.4, 0.5) is 0 Å². The Morgan fingerprint density at radius 3 is 2.43 bits per heavy atom. The highest BCUT2D eigenvalue weighted by molar-refractivity contribution is 5.80. The summed E-state index contributed by atoms with van der Waals surface area (Å²) < 4.78 is 5.81. The molecule has 3 atom stereocenters. The molecule has 0 heterocycles. The minimum atomic E-state index is -0.492.